The molecule has 96 valence electrons. The molecule has 1 amide bonds. The molecule has 0 aliphatic heterocycles. The van der Waals surface area contributed by atoms with E-state index >= 15 is 0 Å². The van der Waals surface area contributed by atoms with Gasteiger partial charge in [0.25, 0.3) is 0 Å². The second kappa shape index (κ2) is 9.68. The number of carbonyl (C=O) groups is 1. The Balaban J connectivity index is 3.57. The summed E-state index contributed by atoms with van der Waals surface area (Å²) in [7, 11) is 0. The van der Waals surface area contributed by atoms with Crippen molar-refractivity contribution >= 4 is 5.91 Å². The number of hydrogen-bond donors (Lipinski definition) is 1. The summed E-state index contributed by atoms with van der Waals surface area (Å²) < 4.78 is 0. The predicted octanol–water partition coefficient (Wildman–Crippen LogP) is 3.76. The van der Waals surface area contributed by atoms with Crippen molar-refractivity contribution in [2.45, 2.75) is 66.2 Å². The molecule has 0 radical (unpaired) electrons. The molecular weight excluding hydrogens is 198 g/mol. The molecule has 0 aromatic rings. The number of amides is 1. The maximum absolute atomic E-state index is 11.7. The zero-order valence-electron chi connectivity index (χ0n) is 11.5. The summed E-state index contributed by atoms with van der Waals surface area (Å²) in [6, 6.07) is 0. The van der Waals surface area contributed by atoms with Gasteiger partial charge < -0.3 is 5.32 Å². The van der Waals surface area contributed by atoms with Crippen molar-refractivity contribution in [2.75, 3.05) is 6.54 Å². The first-order chi connectivity index (χ1) is 7.61. The standard InChI is InChI=1S/C14H29NO/c1-5-7-8-9-10-13(4)14(16)15-11-12(3)6-2/h12-13H,5-11H2,1-4H3,(H,15,16)/t12?,13-/m0/s1. The first kappa shape index (κ1) is 15.5. The molecule has 0 heterocycles. The van der Waals surface area contributed by atoms with Gasteiger partial charge in [-0.1, -0.05) is 59.8 Å². The van der Waals surface area contributed by atoms with Gasteiger partial charge in [-0.25, -0.2) is 0 Å². The molecule has 0 saturated carbocycles. The number of hydrogen-bond acceptors (Lipinski definition) is 1. The predicted molar refractivity (Wildman–Crippen MR) is 70.4 cm³/mol. The Morgan fingerprint density at radius 3 is 2.38 bits per heavy atom. The average molecular weight is 227 g/mol. The Morgan fingerprint density at radius 1 is 1.12 bits per heavy atom. The molecule has 16 heavy (non-hydrogen) atoms. The third kappa shape index (κ3) is 7.72. The van der Waals surface area contributed by atoms with Crippen LogP contribution in [-0.4, -0.2) is 12.5 Å². The maximum Gasteiger partial charge on any atom is 0.222 e. The molecule has 2 nitrogen and oxygen atoms in total. The molecule has 0 aliphatic carbocycles. The number of rotatable bonds is 9. The number of carbonyl (C=O) groups excluding carboxylic acids is 1. The van der Waals surface area contributed by atoms with E-state index < -0.39 is 0 Å². The van der Waals surface area contributed by atoms with Gasteiger partial charge in [0.2, 0.25) is 5.91 Å². The molecule has 0 aromatic heterocycles. The summed E-state index contributed by atoms with van der Waals surface area (Å²) in [5, 5.41) is 3.04. The molecule has 0 saturated heterocycles. The SMILES string of the molecule is CCCCCC[C@H](C)C(=O)NCC(C)CC. The lowest BCUT2D eigenvalue weighted by atomic mass is 10.0. The summed E-state index contributed by atoms with van der Waals surface area (Å²) in [6.45, 7) is 9.41. The van der Waals surface area contributed by atoms with E-state index in [0.717, 1.165) is 19.4 Å². The third-order valence-electron chi connectivity index (χ3n) is 3.26. The third-order valence-corrected chi connectivity index (χ3v) is 3.26. The van der Waals surface area contributed by atoms with Crippen LogP contribution in [0.1, 0.15) is 66.2 Å². The highest BCUT2D eigenvalue weighted by Crippen LogP contribution is 2.10. The van der Waals surface area contributed by atoms with E-state index in [1.165, 1.54) is 25.7 Å². The summed E-state index contributed by atoms with van der Waals surface area (Å²) >= 11 is 0. The Labute approximate surface area is 101 Å². The summed E-state index contributed by atoms with van der Waals surface area (Å²) in [6.07, 6.45) is 7.17. The van der Waals surface area contributed by atoms with Gasteiger partial charge in [0.05, 0.1) is 0 Å². The zero-order chi connectivity index (χ0) is 12.4. The fourth-order valence-corrected chi connectivity index (χ4v) is 1.60. The van der Waals surface area contributed by atoms with Gasteiger partial charge in [-0.2, -0.15) is 0 Å². The highest BCUT2D eigenvalue weighted by molar-refractivity contribution is 5.78. The van der Waals surface area contributed by atoms with Crippen LogP contribution in [0.15, 0.2) is 0 Å². The lowest BCUT2D eigenvalue weighted by Gasteiger charge is -2.14. The van der Waals surface area contributed by atoms with Gasteiger partial charge in [0.1, 0.15) is 0 Å². The number of unbranched alkanes of at least 4 members (excludes halogenated alkanes) is 3. The van der Waals surface area contributed by atoms with Crippen LogP contribution in [0, 0.1) is 11.8 Å². The summed E-state index contributed by atoms with van der Waals surface area (Å²) in [5.74, 6) is 1.01. The first-order valence-electron chi connectivity index (χ1n) is 6.89. The van der Waals surface area contributed by atoms with Gasteiger partial charge >= 0.3 is 0 Å². The fourth-order valence-electron chi connectivity index (χ4n) is 1.60. The monoisotopic (exact) mass is 227 g/mol. The summed E-state index contributed by atoms with van der Waals surface area (Å²) in [5.41, 5.74) is 0. The highest BCUT2D eigenvalue weighted by atomic mass is 16.1. The molecule has 1 N–H and O–H groups in total. The second-order valence-electron chi connectivity index (χ2n) is 5.01. The molecule has 0 fully saturated rings. The van der Waals surface area contributed by atoms with E-state index in [2.05, 4.69) is 26.1 Å². The van der Waals surface area contributed by atoms with Crippen LogP contribution in [0.4, 0.5) is 0 Å². The van der Waals surface area contributed by atoms with Gasteiger partial charge in [-0.05, 0) is 12.3 Å². The van der Waals surface area contributed by atoms with Crippen LogP contribution >= 0.6 is 0 Å². The maximum atomic E-state index is 11.7. The van der Waals surface area contributed by atoms with Crippen molar-refractivity contribution in [3.63, 3.8) is 0 Å². The van der Waals surface area contributed by atoms with Crippen molar-refractivity contribution in [3.8, 4) is 0 Å². The Morgan fingerprint density at radius 2 is 1.81 bits per heavy atom. The van der Waals surface area contributed by atoms with Gasteiger partial charge in [-0.3, -0.25) is 4.79 Å². The summed E-state index contributed by atoms with van der Waals surface area (Å²) in [4.78, 5) is 11.7. The van der Waals surface area contributed by atoms with Crippen molar-refractivity contribution in [2.24, 2.45) is 11.8 Å². The Kier molecular flexibility index (Phi) is 9.36. The minimum atomic E-state index is 0.181. The van der Waals surface area contributed by atoms with Gasteiger partial charge in [0.15, 0.2) is 0 Å². The first-order valence-corrected chi connectivity index (χ1v) is 6.89. The van der Waals surface area contributed by atoms with Gasteiger partial charge in [-0.15, -0.1) is 0 Å². The minimum absolute atomic E-state index is 0.181. The van der Waals surface area contributed by atoms with Crippen LogP contribution in [0.25, 0.3) is 0 Å². The molecule has 1 unspecified atom stereocenters. The van der Waals surface area contributed by atoms with E-state index in [9.17, 15) is 4.79 Å². The molecule has 0 aromatic carbocycles. The molecule has 2 atom stereocenters. The fraction of sp³-hybridized carbons (Fsp3) is 0.929. The smallest absolute Gasteiger partial charge is 0.222 e. The molecular formula is C14H29NO. The largest absolute Gasteiger partial charge is 0.356 e. The molecule has 0 spiro atoms. The number of nitrogens with one attached hydrogen (secondary N) is 1. The zero-order valence-corrected chi connectivity index (χ0v) is 11.5. The topological polar surface area (TPSA) is 29.1 Å². The van der Waals surface area contributed by atoms with E-state index in [4.69, 9.17) is 0 Å². The average Bonchev–Trinajstić information content (AvgIpc) is 2.30. The van der Waals surface area contributed by atoms with E-state index in [1.807, 2.05) is 6.92 Å². The van der Waals surface area contributed by atoms with E-state index in [1.54, 1.807) is 0 Å². The van der Waals surface area contributed by atoms with Gasteiger partial charge in [0, 0.05) is 12.5 Å². The quantitative estimate of drug-likeness (QED) is 0.597. The lowest BCUT2D eigenvalue weighted by molar-refractivity contribution is -0.124. The van der Waals surface area contributed by atoms with E-state index in [0.29, 0.717) is 5.92 Å². The van der Waals surface area contributed by atoms with Crippen LogP contribution in [0.5, 0.6) is 0 Å². The van der Waals surface area contributed by atoms with Crippen LogP contribution in [0.2, 0.25) is 0 Å². The second-order valence-corrected chi connectivity index (χ2v) is 5.01. The minimum Gasteiger partial charge on any atom is -0.356 e. The van der Waals surface area contributed by atoms with Crippen LogP contribution < -0.4 is 5.32 Å². The van der Waals surface area contributed by atoms with Crippen LogP contribution in [-0.2, 0) is 4.79 Å². The van der Waals surface area contributed by atoms with Crippen molar-refractivity contribution < 1.29 is 4.79 Å². The Bertz CT molecular complexity index is 180. The van der Waals surface area contributed by atoms with Crippen molar-refractivity contribution in [1.82, 2.24) is 5.32 Å². The lowest BCUT2D eigenvalue weighted by Crippen LogP contribution is -2.32. The van der Waals surface area contributed by atoms with Crippen LogP contribution in [0.3, 0.4) is 0 Å². The Hall–Kier alpha value is -0.530. The normalized spacial score (nSPS) is 14.5. The van der Waals surface area contributed by atoms with Crippen molar-refractivity contribution in [1.29, 1.82) is 0 Å². The molecule has 2 heteroatoms. The van der Waals surface area contributed by atoms with E-state index in [-0.39, 0.29) is 11.8 Å². The molecule has 0 rings (SSSR count). The van der Waals surface area contributed by atoms with Crippen molar-refractivity contribution in [3.05, 3.63) is 0 Å². The molecule has 0 aliphatic rings. The highest BCUT2D eigenvalue weighted by Gasteiger charge is 2.12. The molecule has 0 bridgehead atoms.